The molecule has 106 valence electrons. The lowest BCUT2D eigenvalue weighted by Gasteiger charge is -2.35. The minimum Gasteiger partial charge on any atom is -0.213 e. The van der Waals surface area contributed by atoms with Gasteiger partial charge in [0.1, 0.15) is 0 Å². The molecular weight excluding hydrogens is 270 g/mol. The van der Waals surface area contributed by atoms with Gasteiger partial charge in [0.15, 0.2) is 0 Å². The molecule has 1 saturated heterocycles. The summed E-state index contributed by atoms with van der Waals surface area (Å²) in [7, 11) is -3.01. The standard InChI is InChI=1S/C13H24ClNO2S/c1-18(16,17)15-8-4-5-11(10-15)9-12-6-2-3-7-13(12)14/h11-13H,2-10H2,1H3. The van der Waals surface area contributed by atoms with Gasteiger partial charge in [0.25, 0.3) is 0 Å². The van der Waals surface area contributed by atoms with Crippen molar-refractivity contribution in [2.75, 3.05) is 19.3 Å². The molecule has 0 radical (unpaired) electrons. The molecule has 3 unspecified atom stereocenters. The molecule has 0 aromatic carbocycles. The summed E-state index contributed by atoms with van der Waals surface area (Å²) in [4.78, 5) is 0. The molecule has 0 spiro atoms. The van der Waals surface area contributed by atoms with Gasteiger partial charge in [-0.05, 0) is 43.9 Å². The van der Waals surface area contributed by atoms with Crippen molar-refractivity contribution >= 4 is 21.6 Å². The Bertz CT molecular complexity index is 371. The Morgan fingerprint density at radius 1 is 1.17 bits per heavy atom. The smallest absolute Gasteiger partial charge is 0.211 e. The van der Waals surface area contributed by atoms with E-state index in [-0.39, 0.29) is 0 Å². The van der Waals surface area contributed by atoms with E-state index in [0.29, 0.717) is 30.3 Å². The van der Waals surface area contributed by atoms with Crippen LogP contribution >= 0.6 is 11.6 Å². The highest BCUT2D eigenvalue weighted by atomic mass is 35.5. The minimum atomic E-state index is -3.01. The maximum Gasteiger partial charge on any atom is 0.211 e. The average molecular weight is 294 g/mol. The molecule has 2 rings (SSSR count). The zero-order valence-corrected chi connectivity index (χ0v) is 12.7. The number of sulfonamides is 1. The first-order chi connectivity index (χ1) is 8.47. The third-order valence-electron chi connectivity index (χ3n) is 4.40. The lowest BCUT2D eigenvalue weighted by molar-refractivity contribution is 0.210. The first-order valence-electron chi connectivity index (χ1n) is 7.06. The Balaban J connectivity index is 1.89. The number of nitrogens with zero attached hydrogens (tertiary/aromatic N) is 1. The van der Waals surface area contributed by atoms with Crippen LogP contribution in [0.2, 0.25) is 0 Å². The van der Waals surface area contributed by atoms with Gasteiger partial charge in [-0.15, -0.1) is 11.6 Å². The van der Waals surface area contributed by atoms with Crippen molar-refractivity contribution in [3.8, 4) is 0 Å². The number of halogens is 1. The summed E-state index contributed by atoms with van der Waals surface area (Å²) in [6.07, 6.45) is 9.49. The second kappa shape index (κ2) is 6.10. The highest BCUT2D eigenvalue weighted by Gasteiger charge is 2.30. The number of hydrogen-bond donors (Lipinski definition) is 0. The molecule has 1 saturated carbocycles. The summed E-state index contributed by atoms with van der Waals surface area (Å²) < 4.78 is 24.8. The van der Waals surface area contributed by atoms with E-state index in [2.05, 4.69) is 0 Å². The third kappa shape index (κ3) is 3.84. The van der Waals surface area contributed by atoms with Gasteiger partial charge >= 0.3 is 0 Å². The molecule has 2 aliphatic rings. The van der Waals surface area contributed by atoms with E-state index < -0.39 is 10.0 Å². The largest absolute Gasteiger partial charge is 0.213 e. The van der Waals surface area contributed by atoms with Crippen LogP contribution in [0.1, 0.15) is 44.9 Å². The van der Waals surface area contributed by atoms with Crippen LogP contribution in [0.5, 0.6) is 0 Å². The van der Waals surface area contributed by atoms with Crippen molar-refractivity contribution in [2.24, 2.45) is 11.8 Å². The summed E-state index contributed by atoms with van der Waals surface area (Å²) >= 11 is 6.40. The minimum absolute atomic E-state index is 0.312. The van der Waals surface area contributed by atoms with Crippen molar-refractivity contribution in [3.05, 3.63) is 0 Å². The first kappa shape index (κ1) is 14.6. The van der Waals surface area contributed by atoms with Crippen LogP contribution in [0.25, 0.3) is 0 Å². The van der Waals surface area contributed by atoms with Crippen LogP contribution in [-0.4, -0.2) is 37.4 Å². The van der Waals surface area contributed by atoms with E-state index in [1.807, 2.05) is 0 Å². The lowest BCUT2D eigenvalue weighted by atomic mass is 9.80. The van der Waals surface area contributed by atoms with E-state index in [1.54, 1.807) is 4.31 Å². The van der Waals surface area contributed by atoms with Crippen LogP contribution in [0.15, 0.2) is 0 Å². The van der Waals surface area contributed by atoms with Crippen molar-refractivity contribution in [1.82, 2.24) is 4.31 Å². The molecule has 0 N–H and O–H groups in total. The molecule has 0 amide bonds. The van der Waals surface area contributed by atoms with E-state index in [4.69, 9.17) is 11.6 Å². The molecule has 1 aliphatic carbocycles. The van der Waals surface area contributed by atoms with Gasteiger partial charge in [0, 0.05) is 18.5 Å². The van der Waals surface area contributed by atoms with E-state index >= 15 is 0 Å². The molecule has 3 atom stereocenters. The highest BCUT2D eigenvalue weighted by molar-refractivity contribution is 7.88. The topological polar surface area (TPSA) is 37.4 Å². The molecule has 0 bridgehead atoms. The predicted molar refractivity (Wildman–Crippen MR) is 75.4 cm³/mol. The normalized spacial score (nSPS) is 35.6. The van der Waals surface area contributed by atoms with Crippen LogP contribution in [-0.2, 0) is 10.0 Å². The van der Waals surface area contributed by atoms with Gasteiger partial charge in [-0.25, -0.2) is 12.7 Å². The Hall–Kier alpha value is 0.200. The van der Waals surface area contributed by atoms with Crippen LogP contribution < -0.4 is 0 Å². The summed E-state index contributed by atoms with van der Waals surface area (Å²) in [6, 6.07) is 0. The number of hydrogen-bond acceptors (Lipinski definition) is 2. The molecule has 2 fully saturated rings. The number of alkyl halides is 1. The van der Waals surface area contributed by atoms with E-state index in [0.717, 1.165) is 25.7 Å². The monoisotopic (exact) mass is 293 g/mol. The quantitative estimate of drug-likeness (QED) is 0.750. The second-order valence-electron chi connectivity index (χ2n) is 5.93. The van der Waals surface area contributed by atoms with Crippen LogP contribution in [0, 0.1) is 11.8 Å². The fourth-order valence-electron chi connectivity index (χ4n) is 3.38. The SMILES string of the molecule is CS(=O)(=O)N1CCCC(CC2CCCCC2Cl)C1. The van der Waals surface area contributed by atoms with Gasteiger partial charge in [-0.2, -0.15) is 0 Å². The molecule has 1 heterocycles. The van der Waals surface area contributed by atoms with Gasteiger partial charge in [-0.3, -0.25) is 0 Å². The third-order valence-corrected chi connectivity index (χ3v) is 6.25. The van der Waals surface area contributed by atoms with E-state index in [9.17, 15) is 8.42 Å². The van der Waals surface area contributed by atoms with Crippen LogP contribution in [0.3, 0.4) is 0 Å². The Morgan fingerprint density at radius 2 is 1.89 bits per heavy atom. The van der Waals surface area contributed by atoms with E-state index in [1.165, 1.54) is 25.5 Å². The summed E-state index contributed by atoms with van der Waals surface area (Å²) in [5.74, 6) is 1.11. The summed E-state index contributed by atoms with van der Waals surface area (Å²) in [6.45, 7) is 1.41. The van der Waals surface area contributed by atoms with Gasteiger partial charge in [0.05, 0.1) is 6.26 Å². The first-order valence-corrected chi connectivity index (χ1v) is 9.34. The van der Waals surface area contributed by atoms with Crippen molar-refractivity contribution < 1.29 is 8.42 Å². The van der Waals surface area contributed by atoms with Crippen molar-refractivity contribution in [3.63, 3.8) is 0 Å². The average Bonchev–Trinajstić information content (AvgIpc) is 2.31. The van der Waals surface area contributed by atoms with Crippen molar-refractivity contribution in [2.45, 2.75) is 50.3 Å². The van der Waals surface area contributed by atoms with Gasteiger partial charge < -0.3 is 0 Å². The van der Waals surface area contributed by atoms with Crippen molar-refractivity contribution in [1.29, 1.82) is 0 Å². The molecular formula is C13H24ClNO2S. The number of rotatable bonds is 3. The van der Waals surface area contributed by atoms with Crippen LogP contribution in [0.4, 0.5) is 0 Å². The molecule has 3 nitrogen and oxygen atoms in total. The predicted octanol–water partition coefficient (Wildman–Crippen LogP) is 2.85. The maximum absolute atomic E-state index is 11.6. The fourth-order valence-corrected chi connectivity index (χ4v) is 4.70. The zero-order valence-electron chi connectivity index (χ0n) is 11.1. The molecule has 0 aromatic rings. The van der Waals surface area contributed by atoms with Gasteiger partial charge in [0.2, 0.25) is 10.0 Å². The second-order valence-corrected chi connectivity index (χ2v) is 8.47. The Morgan fingerprint density at radius 3 is 2.56 bits per heavy atom. The fraction of sp³-hybridized carbons (Fsp3) is 1.00. The summed E-state index contributed by atoms with van der Waals surface area (Å²) in [5, 5.41) is 0.312. The lowest BCUT2D eigenvalue weighted by Crippen LogP contribution is -2.40. The zero-order chi connectivity index (χ0) is 13.2. The Kier molecular flexibility index (Phi) is 4.95. The molecule has 18 heavy (non-hydrogen) atoms. The highest BCUT2D eigenvalue weighted by Crippen LogP contribution is 2.35. The summed E-state index contributed by atoms with van der Waals surface area (Å²) in [5.41, 5.74) is 0. The molecule has 1 aliphatic heterocycles. The molecule has 0 aromatic heterocycles. The van der Waals surface area contributed by atoms with Gasteiger partial charge in [-0.1, -0.05) is 12.8 Å². The maximum atomic E-state index is 11.6. The molecule has 5 heteroatoms. The Labute approximate surface area is 116 Å². The number of piperidine rings is 1.